The van der Waals surface area contributed by atoms with Crippen molar-refractivity contribution in [1.82, 2.24) is 19.7 Å². The van der Waals surface area contributed by atoms with Crippen LogP contribution in [0.3, 0.4) is 0 Å². The molecule has 9 heteroatoms. The van der Waals surface area contributed by atoms with Crippen molar-refractivity contribution in [2.45, 2.75) is 37.9 Å². The van der Waals surface area contributed by atoms with E-state index >= 15 is 0 Å². The van der Waals surface area contributed by atoms with Crippen molar-refractivity contribution in [3.8, 4) is 16.3 Å². The topological polar surface area (TPSA) is 52.8 Å². The first-order valence-electron chi connectivity index (χ1n) is 9.68. The number of thioether (sulfide) groups is 1. The Morgan fingerprint density at radius 2 is 1.94 bits per heavy atom. The zero-order valence-electron chi connectivity index (χ0n) is 17.0. The minimum Gasteiger partial charge on any atom is -0.486 e. The summed E-state index contributed by atoms with van der Waals surface area (Å²) in [6, 6.07) is 13.4. The second-order valence-corrected chi connectivity index (χ2v) is 9.37. The number of hydrogen-bond acceptors (Lipinski definition) is 6. The van der Waals surface area contributed by atoms with Crippen molar-refractivity contribution in [3.63, 3.8) is 0 Å². The highest BCUT2D eigenvalue weighted by molar-refractivity contribution is 7.98. The maximum absolute atomic E-state index is 6.30. The summed E-state index contributed by atoms with van der Waals surface area (Å²) in [5, 5.41) is 13.9. The van der Waals surface area contributed by atoms with Crippen molar-refractivity contribution in [1.29, 1.82) is 0 Å². The molecule has 0 aliphatic heterocycles. The summed E-state index contributed by atoms with van der Waals surface area (Å²) in [6.45, 7) is 5.13. The quantitative estimate of drug-likeness (QED) is 0.251. The predicted octanol–water partition coefficient (Wildman–Crippen LogP) is 6.91. The summed E-state index contributed by atoms with van der Waals surface area (Å²) in [6.07, 6.45) is 0. The van der Waals surface area contributed by atoms with Crippen LogP contribution in [0.1, 0.15) is 24.0 Å². The van der Waals surface area contributed by atoms with Gasteiger partial charge in [-0.1, -0.05) is 53.2 Å². The molecule has 0 bridgehead atoms. The predicted molar refractivity (Wildman–Crippen MR) is 128 cm³/mol. The Labute approximate surface area is 199 Å². The maximum Gasteiger partial charge on any atom is 0.191 e. The van der Waals surface area contributed by atoms with E-state index in [0.29, 0.717) is 17.4 Å². The number of hydrogen-bond donors (Lipinski definition) is 0. The van der Waals surface area contributed by atoms with E-state index in [2.05, 4.69) is 27.1 Å². The van der Waals surface area contributed by atoms with Gasteiger partial charge in [0.15, 0.2) is 11.0 Å². The van der Waals surface area contributed by atoms with E-state index in [9.17, 15) is 0 Å². The molecule has 0 spiro atoms. The molecule has 0 aliphatic rings. The van der Waals surface area contributed by atoms with E-state index in [0.717, 1.165) is 50.1 Å². The number of halogens is 2. The van der Waals surface area contributed by atoms with Crippen molar-refractivity contribution < 1.29 is 4.74 Å². The highest BCUT2D eigenvalue weighted by Gasteiger charge is 2.14. The fourth-order valence-electron chi connectivity index (χ4n) is 2.98. The number of aromatic nitrogens is 4. The number of ether oxygens (including phenoxy) is 1. The molecule has 5 nitrogen and oxygen atoms in total. The molecule has 4 aromatic rings. The van der Waals surface area contributed by atoms with E-state index in [4.69, 9.17) is 32.9 Å². The van der Waals surface area contributed by atoms with Crippen molar-refractivity contribution >= 4 is 46.3 Å². The number of aryl methyl sites for hydroxylation is 1. The molecule has 0 unspecified atom stereocenters. The van der Waals surface area contributed by atoms with E-state index in [1.807, 2.05) is 49.4 Å². The Balaban J connectivity index is 1.41. The highest BCUT2D eigenvalue weighted by atomic mass is 35.5. The molecule has 2 aromatic heterocycles. The van der Waals surface area contributed by atoms with E-state index in [1.54, 1.807) is 23.1 Å². The first kappa shape index (κ1) is 22.1. The Bertz CT molecular complexity index is 1190. The van der Waals surface area contributed by atoms with Gasteiger partial charge in [-0.3, -0.25) is 0 Å². The minimum atomic E-state index is 0.343. The molecule has 0 N–H and O–H groups in total. The lowest BCUT2D eigenvalue weighted by molar-refractivity contribution is 0.288. The first-order valence-corrected chi connectivity index (χ1v) is 12.3. The van der Waals surface area contributed by atoms with Gasteiger partial charge in [0.1, 0.15) is 17.4 Å². The molecule has 0 fully saturated rings. The van der Waals surface area contributed by atoms with Gasteiger partial charge < -0.3 is 9.30 Å². The van der Waals surface area contributed by atoms with Crippen molar-refractivity contribution in [3.05, 3.63) is 75.0 Å². The van der Waals surface area contributed by atoms with Crippen LogP contribution in [0, 0.1) is 6.92 Å². The summed E-state index contributed by atoms with van der Waals surface area (Å²) in [5.41, 5.74) is 2.93. The lowest BCUT2D eigenvalue weighted by atomic mass is 10.2. The molecule has 31 heavy (non-hydrogen) atoms. The van der Waals surface area contributed by atoms with Crippen LogP contribution in [0.25, 0.3) is 10.6 Å². The maximum atomic E-state index is 6.30. The van der Waals surface area contributed by atoms with Crippen LogP contribution >= 0.6 is 46.3 Å². The molecule has 0 atom stereocenters. The fraction of sp³-hybridized carbons (Fsp3) is 0.227. The van der Waals surface area contributed by atoms with Gasteiger partial charge >= 0.3 is 0 Å². The lowest BCUT2D eigenvalue weighted by Crippen LogP contribution is -2.07. The van der Waals surface area contributed by atoms with E-state index < -0.39 is 0 Å². The highest BCUT2D eigenvalue weighted by Crippen LogP contribution is 2.32. The summed E-state index contributed by atoms with van der Waals surface area (Å²) in [7, 11) is 0. The van der Waals surface area contributed by atoms with Crippen LogP contribution in [0.2, 0.25) is 10.0 Å². The summed E-state index contributed by atoms with van der Waals surface area (Å²) >= 11 is 15.6. The average molecular weight is 491 g/mol. The van der Waals surface area contributed by atoms with Gasteiger partial charge in [0.2, 0.25) is 0 Å². The third-order valence-corrected chi connectivity index (χ3v) is 7.29. The molecule has 2 aromatic carbocycles. The molecular formula is C22H20Cl2N4OS2. The second-order valence-electron chi connectivity index (χ2n) is 6.76. The Kier molecular flexibility index (Phi) is 7.17. The van der Waals surface area contributed by atoms with Gasteiger partial charge in [0.25, 0.3) is 0 Å². The molecule has 0 amide bonds. The molecule has 4 rings (SSSR count). The van der Waals surface area contributed by atoms with Gasteiger partial charge in [0, 0.05) is 28.3 Å². The Morgan fingerprint density at radius 3 is 2.71 bits per heavy atom. The normalized spacial score (nSPS) is 11.1. The van der Waals surface area contributed by atoms with Crippen molar-refractivity contribution in [2.24, 2.45) is 0 Å². The molecule has 160 valence electrons. The lowest BCUT2D eigenvalue weighted by Gasteiger charge is -2.09. The van der Waals surface area contributed by atoms with E-state index in [1.165, 1.54) is 0 Å². The summed E-state index contributed by atoms with van der Waals surface area (Å²) in [5.74, 6) is 2.25. The summed E-state index contributed by atoms with van der Waals surface area (Å²) in [4.78, 5) is 4.73. The standard InChI is InChI=1S/C22H20Cl2N4OS2/c1-3-28-20(11-29-16-8-9-18(23)14(2)10-16)26-27-22(28)31-13-15-12-30-21(25-15)17-6-4-5-7-19(17)24/h4-10,12H,3,11,13H2,1-2H3. The zero-order valence-corrected chi connectivity index (χ0v) is 20.2. The van der Waals surface area contributed by atoms with Crippen LogP contribution in [0.15, 0.2) is 53.0 Å². The zero-order chi connectivity index (χ0) is 21.8. The monoisotopic (exact) mass is 490 g/mol. The average Bonchev–Trinajstić information content (AvgIpc) is 3.40. The van der Waals surface area contributed by atoms with Gasteiger partial charge in [-0.25, -0.2) is 4.98 Å². The van der Waals surface area contributed by atoms with Crippen LogP contribution in [0.5, 0.6) is 5.75 Å². The number of rotatable bonds is 8. The number of thiazole rings is 1. The Morgan fingerprint density at radius 1 is 1.10 bits per heavy atom. The molecule has 0 saturated heterocycles. The largest absolute Gasteiger partial charge is 0.486 e. The van der Waals surface area contributed by atoms with Gasteiger partial charge in [0.05, 0.1) is 10.7 Å². The molecule has 0 aliphatic carbocycles. The summed E-state index contributed by atoms with van der Waals surface area (Å²) < 4.78 is 7.96. The van der Waals surface area contributed by atoms with Crippen LogP contribution in [0.4, 0.5) is 0 Å². The third-order valence-electron chi connectivity index (χ3n) is 4.61. The third kappa shape index (κ3) is 5.23. The molecule has 2 heterocycles. The first-order chi connectivity index (χ1) is 15.0. The molecular weight excluding hydrogens is 471 g/mol. The second kappa shape index (κ2) is 10.0. The van der Waals surface area contributed by atoms with Gasteiger partial charge in [-0.2, -0.15) is 0 Å². The minimum absolute atomic E-state index is 0.343. The number of nitrogens with zero attached hydrogens (tertiary/aromatic N) is 4. The number of benzene rings is 2. The van der Waals surface area contributed by atoms with Gasteiger partial charge in [-0.05, 0) is 43.7 Å². The SMILES string of the molecule is CCn1c(COc2ccc(Cl)c(C)c2)nnc1SCc1csc(-c2ccccc2Cl)n1. The Hall–Kier alpha value is -2.06. The van der Waals surface area contributed by atoms with Crippen molar-refractivity contribution in [2.75, 3.05) is 0 Å². The van der Waals surface area contributed by atoms with E-state index in [-0.39, 0.29) is 0 Å². The van der Waals surface area contributed by atoms with Gasteiger partial charge in [-0.15, -0.1) is 21.5 Å². The molecule has 0 radical (unpaired) electrons. The smallest absolute Gasteiger partial charge is 0.191 e. The fourth-order valence-corrected chi connectivity index (χ4v) is 5.25. The van der Waals surface area contributed by atoms with Crippen LogP contribution < -0.4 is 4.74 Å². The van der Waals surface area contributed by atoms with Crippen LogP contribution in [-0.4, -0.2) is 19.7 Å². The molecule has 0 saturated carbocycles. The van der Waals surface area contributed by atoms with Crippen LogP contribution in [-0.2, 0) is 18.9 Å².